The molecule has 98 valence electrons. The Kier molecular flexibility index (Phi) is 2.60. The lowest BCUT2D eigenvalue weighted by atomic mass is 10.2. The first-order chi connectivity index (χ1) is 8.27. The Hall–Kier alpha value is -1.99. The van der Waals surface area contributed by atoms with Crippen LogP contribution in [0.15, 0.2) is 12.3 Å². The Bertz CT molecular complexity index is 498. The largest absolute Gasteiger partial charge is 0.478 e. The number of rotatable bonds is 3. The van der Waals surface area contributed by atoms with Crippen molar-refractivity contribution in [3.8, 4) is 0 Å². The van der Waals surface area contributed by atoms with E-state index in [-0.39, 0.29) is 29.9 Å². The van der Waals surface area contributed by atoms with Gasteiger partial charge in [0.2, 0.25) is 0 Å². The van der Waals surface area contributed by atoms with Gasteiger partial charge >= 0.3 is 12.1 Å². The molecule has 1 aliphatic rings. The number of nitrogen functional groups attached to an aromatic ring is 1. The SMILES string of the molecule is Nc1c(C(=O)O)ccnc1NC1(C(F)(F)F)CC1. The van der Waals surface area contributed by atoms with Crippen LogP contribution in [-0.4, -0.2) is 27.8 Å². The van der Waals surface area contributed by atoms with Gasteiger partial charge in [-0.2, -0.15) is 13.2 Å². The van der Waals surface area contributed by atoms with E-state index >= 15 is 0 Å². The molecule has 0 saturated heterocycles. The van der Waals surface area contributed by atoms with E-state index in [0.29, 0.717) is 0 Å². The highest BCUT2D eigenvalue weighted by Gasteiger charge is 2.63. The van der Waals surface area contributed by atoms with Crippen molar-refractivity contribution in [2.75, 3.05) is 11.1 Å². The number of hydrogen-bond acceptors (Lipinski definition) is 4. The number of pyridine rings is 1. The summed E-state index contributed by atoms with van der Waals surface area (Å²) in [5, 5.41) is 11.0. The summed E-state index contributed by atoms with van der Waals surface area (Å²) in [7, 11) is 0. The number of carbonyl (C=O) groups is 1. The normalized spacial score (nSPS) is 17.3. The molecular weight excluding hydrogens is 251 g/mol. The molecule has 18 heavy (non-hydrogen) atoms. The Morgan fingerprint density at radius 1 is 1.50 bits per heavy atom. The fraction of sp³-hybridized carbons (Fsp3) is 0.400. The van der Waals surface area contributed by atoms with Crippen LogP contribution >= 0.6 is 0 Å². The smallest absolute Gasteiger partial charge is 0.411 e. The lowest BCUT2D eigenvalue weighted by Gasteiger charge is -2.22. The first kappa shape index (κ1) is 12.5. The quantitative estimate of drug-likeness (QED) is 0.773. The standard InChI is InChI=1S/C10H10F3N3O2/c11-10(12,13)9(2-3-9)16-7-6(14)5(8(17)18)1-4-15-7/h1,4H,2-3,14H2,(H,15,16)(H,17,18). The molecule has 8 heteroatoms. The summed E-state index contributed by atoms with van der Waals surface area (Å²) in [6, 6.07) is 1.13. The molecule has 0 radical (unpaired) electrons. The first-order valence-corrected chi connectivity index (χ1v) is 5.09. The van der Waals surface area contributed by atoms with Crippen LogP contribution in [0.25, 0.3) is 0 Å². The second-order valence-electron chi connectivity index (χ2n) is 4.13. The van der Waals surface area contributed by atoms with E-state index in [9.17, 15) is 18.0 Å². The fourth-order valence-corrected chi connectivity index (χ4v) is 1.59. The van der Waals surface area contributed by atoms with Crippen LogP contribution in [0.1, 0.15) is 23.2 Å². The number of halogens is 3. The van der Waals surface area contributed by atoms with Gasteiger partial charge < -0.3 is 16.2 Å². The van der Waals surface area contributed by atoms with E-state index in [1.165, 1.54) is 0 Å². The van der Waals surface area contributed by atoms with Crippen LogP contribution in [0.5, 0.6) is 0 Å². The third-order valence-electron chi connectivity index (χ3n) is 2.87. The molecule has 1 aromatic rings. The maximum absolute atomic E-state index is 12.7. The third-order valence-corrected chi connectivity index (χ3v) is 2.87. The molecule has 5 nitrogen and oxygen atoms in total. The van der Waals surface area contributed by atoms with Crippen molar-refractivity contribution in [1.82, 2.24) is 4.98 Å². The summed E-state index contributed by atoms with van der Waals surface area (Å²) in [5.74, 6) is -1.56. The van der Waals surface area contributed by atoms with Crippen molar-refractivity contribution in [3.63, 3.8) is 0 Å². The molecule has 0 amide bonds. The molecule has 1 aliphatic carbocycles. The monoisotopic (exact) mass is 261 g/mol. The van der Waals surface area contributed by atoms with Gasteiger partial charge in [0.1, 0.15) is 5.54 Å². The zero-order valence-corrected chi connectivity index (χ0v) is 9.08. The maximum Gasteiger partial charge on any atom is 0.411 e. The van der Waals surface area contributed by atoms with Crippen LogP contribution in [-0.2, 0) is 0 Å². The van der Waals surface area contributed by atoms with Gasteiger partial charge in [-0.3, -0.25) is 0 Å². The van der Waals surface area contributed by atoms with Crippen LogP contribution in [0.4, 0.5) is 24.7 Å². The number of nitrogens with two attached hydrogens (primary N) is 1. The van der Waals surface area contributed by atoms with Gasteiger partial charge in [0.15, 0.2) is 5.82 Å². The third kappa shape index (κ3) is 1.93. The van der Waals surface area contributed by atoms with Crippen molar-refractivity contribution in [1.29, 1.82) is 0 Å². The van der Waals surface area contributed by atoms with Crippen LogP contribution < -0.4 is 11.1 Å². The molecule has 0 bridgehead atoms. The minimum atomic E-state index is -4.42. The van der Waals surface area contributed by atoms with Gasteiger partial charge in [0.05, 0.1) is 11.3 Å². The van der Waals surface area contributed by atoms with Crippen molar-refractivity contribution in [3.05, 3.63) is 17.8 Å². The fourth-order valence-electron chi connectivity index (χ4n) is 1.59. The van der Waals surface area contributed by atoms with Crippen molar-refractivity contribution in [2.45, 2.75) is 24.6 Å². The summed E-state index contributed by atoms with van der Waals surface area (Å²) >= 11 is 0. The van der Waals surface area contributed by atoms with Gasteiger partial charge in [-0.05, 0) is 18.9 Å². The predicted octanol–water partition coefficient (Wildman–Crippen LogP) is 1.87. The summed E-state index contributed by atoms with van der Waals surface area (Å²) in [5.41, 5.74) is 2.90. The molecule has 0 atom stereocenters. The van der Waals surface area contributed by atoms with Gasteiger partial charge in [-0.25, -0.2) is 9.78 Å². The molecule has 1 heterocycles. The minimum absolute atomic E-state index is 0.0745. The lowest BCUT2D eigenvalue weighted by molar-refractivity contribution is -0.151. The molecule has 2 rings (SSSR count). The maximum atomic E-state index is 12.7. The number of carboxylic acids is 1. The van der Waals surface area contributed by atoms with E-state index in [4.69, 9.17) is 10.8 Å². The highest BCUT2D eigenvalue weighted by Crippen LogP contribution is 2.51. The number of carboxylic acid groups (broad SMARTS) is 1. The Morgan fingerprint density at radius 2 is 2.11 bits per heavy atom. The minimum Gasteiger partial charge on any atom is -0.478 e. The topological polar surface area (TPSA) is 88.2 Å². The number of aromatic carboxylic acids is 1. The zero-order valence-electron chi connectivity index (χ0n) is 9.08. The second kappa shape index (κ2) is 3.76. The molecular formula is C10H10F3N3O2. The number of anilines is 2. The van der Waals surface area contributed by atoms with E-state index < -0.39 is 17.7 Å². The highest BCUT2D eigenvalue weighted by molar-refractivity contribution is 5.96. The van der Waals surface area contributed by atoms with Gasteiger partial charge in [0, 0.05) is 6.20 Å². The summed E-state index contributed by atoms with van der Waals surface area (Å²) in [6.07, 6.45) is -3.46. The number of hydrogen-bond donors (Lipinski definition) is 3. The molecule has 0 aliphatic heterocycles. The van der Waals surface area contributed by atoms with Crippen molar-refractivity contribution < 1.29 is 23.1 Å². The Balaban J connectivity index is 2.31. The number of nitrogens with one attached hydrogen (secondary N) is 1. The van der Waals surface area contributed by atoms with Gasteiger partial charge in [-0.15, -0.1) is 0 Å². The summed E-state index contributed by atoms with van der Waals surface area (Å²) < 4.78 is 38.2. The molecule has 0 aromatic carbocycles. The van der Waals surface area contributed by atoms with Gasteiger partial charge in [0.25, 0.3) is 0 Å². The van der Waals surface area contributed by atoms with E-state index in [2.05, 4.69) is 10.3 Å². The lowest BCUT2D eigenvalue weighted by Crippen LogP contribution is -2.39. The zero-order chi connectivity index (χ0) is 13.6. The van der Waals surface area contributed by atoms with Gasteiger partial charge in [-0.1, -0.05) is 0 Å². The summed E-state index contributed by atoms with van der Waals surface area (Å²) in [6.45, 7) is 0. The predicted molar refractivity (Wildman–Crippen MR) is 57.3 cm³/mol. The van der Waals surface area contributed by atoms with E-state index in [1.54, 1.807) is 0 Å². The second-order valence-corrected chi connectivity index (χ2v) is 4.13. The first-order valence-electron chi connectivity index (χ1n) is 5.09. The molecule has 1 fully saturated rings. The Morgan fingerprint density at radius 3 is 2.56 bits per heavy atom. The van der Waals surface area contributed by atoms with E-state index in [0.717, 1.165) is 12.3 Å². The summed E-state index contributed by atoms with van der Waals surface area (Å²) in [4.78, 5) is 14.5. The highest BCUT2D eigenvalue weighted by atomic mass is 19.4. The average Bonchev–Trinajstić information content (AvgIpc) is 3.01. The molecule has 1 aromatic heterocycles. The van der Waals surface area contributed by atoms with Crippen LogP contribution in [0.3, 0.4) is 0 Å². The van der Waals surface area contributed by atoms with Crippen molar-refractivity contribution in [2.24, 2.45) is 0 Å². The van der Waals surface area contributed by atoms with Crippen LogP contribution in [0, 0.1) is 0 Å². The number of aromatic nitrogens is 1. The van der Waals surface area contributed by atoms with Crippen LogP contribution in [0.2, 0.25) is 0 Å². The molecule has 0 unspecified atom stereocenters. The molecule has 4 N–H and O–H groups in total. The van der Waals surface area contributed by atoms with Crippen molar-refractivity contribution >= 4 is 17.5 Å². The molecule has 1 saturated carbocycles. The number of nitrogens with zero attached hydrogens (tertiary/aromatic N) is 1. The van der Waals surface area contributed by atoms with E-state index in [1.807, 2.05) is 0 Å². The number of alkyl halides is 3. The Labute approximate surface area is 99.8 Å². The molecule has 0 spiro atoms. The average molecular weight is 261 g/mol.